The van der Waals surface area contributed by atoms with Crippen molar-refractivity contribution in [1.82, 2.24) is 4.98 Å². The molecule has 0 spiro atoms. The van der Waals surface area contributed by atoms with E-state index in [0.29, 0.717) is 16.4 Å². The van der Waals surface area contributed by atoms with Crippen LogP contribution in [-0.4, -0.2) is 25.0 Å². The second-order valence-electron chi connectivity index (χ2n) is 3.77. The topological polar surface area (TPSA) is 48.4 Å². The summed E-state index contributed by atoms with van der Waals surface area (Å²) in [7, 11) is 3.17. The zero-order valence-corrected chi connectivity index (χ0v) is 13.1. The van der Waals surface area contributed by atoms with E-state index < -0.39 is 0 Å². The Kier molecular flexibility index (Phi) is 4.21. The van der Waals surface area contributed by atoms with Crippen molar-refractivity contribution < 1.29 is 14.3 Å². The third-order valence-corrected chi connectivity index (χ3v) is 4.34. The number of ketones is 1. The third kappa shape index (κ3) is 2.79. The van der Waals surface area contributed by atoms with Gasteiger partial charge in [-0.15, -0.1) is 11.3 Å². The highest BCUT2D eigenvalue weighted by atomic mass is 79.9. The van der Waals surface area contributed by atoms with Crippen LogP contribution in [-0.2, 0) is 0 Å². The molecular formula is C13H12BrNO3S. The molecule has 1 aromatic heterocycles. The fraction of sp³-hybridized carbons (Fsp3) is 0.231. The van der Waals surface area contributed by atoms with Crippen LogP contribution in [0.4, 0.5) is 0 Å². The van der Waals surface area contributed by atoms with Gasteiger partial charge in [0.2, 0.25) is 0 Å². The smallest absolute Gasteiger partial charge is 0.171 e. The van der Waals surface area contributed by atoms with Gasteiger partial charge in [0.05, 0.1) is 19.1 Å². The van der Waals surface area contributed by atoms with Gasteiger partial charge in [-0.3, -0.25) is 4.79 Å². The first kappa shape index (κ1) is 14.0. The molecule has 0 unspecified atom stereocenters. The zero-order chi connectivity index (χ0) is 14.0. The van der Waals surface area contributed by atoms with Gasteiger partial charge in [-0.2, -0.15) is 0 Å². The van der Waals surface area contributed by atoms with Crippen LogP contribution in [0.1, 0.15) is 16.6 Å². The summed E-state index contributed by atoms with van der Waals surface area (Å²) in [6, 6.07) is 3.66. The minimum absolute atomic E-state index is 0.0142. The first-order valence-electron chi connectivity index (χ1n) is 5.45. The highest BCUT2D eigenvalue weighted by Crippen LogP contribution is 2.39. The van der Waals surface area contributed by atoms with Crippen molar-refractivity contribution in [2.75, 3.05) is 14.2 Å². The summed E-state index contributed by atoms with van der Waals surface area (Å²) < 4.78 is 11.3. The molecule has 4 nitrogen and oxygen atoms in total. The summed E-state index contributed by atoms with van der Waals surface area (Å²) in [4.78, 5) is 16.2. The number of methoxy groups -OCH3 is 2. The number of halogens is 1. The molecule has 0 fully saturated rings. The molecule has 1 heterocycles. The number of ether oxygens (including phenoxy) is 2. The number of hydrogen-bond acceptors (Lipinski definition) is 5. The Morgan fingerprint density at radius 1 is 1.26 bits per heavy atom. The molecule has 2 aromatic rings. The number of aromatic nitrogens is 1. The van der Waals surface area contributed by atoms with Gasteiger partial charge >= 0.3 is 0 Å². The minimum atomic E-state index is 0.0142. The predicted molar refractivity (Wildman–Crippen MR) is 78.4 cm³/mol. The molecule has 0 aliphatic rings. The van der Waals surface area contributed by atoms with E-state index in [1.807, 2.05) is 12.1 Å². The molecule has 0 saturated carbocycles. The lowest BCUT2D eigenvalue weighted by Crippen LogP contribution is -1.91. The van der Waals surface area contributed by atoms with E-state index >= 15 is 0 Å². The van der Waals surface area contributed by atoms with Gasteiger partial charge in [0.15, 0.2) is 17.3 Å². The SMILES string of the molecule is COc1cc(Br)c(-c2ncc(C(C)=O)s2)cc1OC. The Morgan fingerprint density at radius 3 is 2.42 bits per heavy atom. The largest absolute Gasteiger partial charge is 0.493 e. The van der Waals surface area contributed by atoms with Crippen LogP contribution in [0.5, 0.6) is 11.5 Å². The van der Waals surface area contributed by atoms with E-state index in [0.717, 1.165) is 15.0 Å². The number of carbonyl (C=O) groups is 1. The summed E-state index contributed by atoms with van der Waals surface area (Å²) >= 11 is 4.83. The van der Waals surface area contributed by atoms with Gasteiger partial charge < -0.3 is 9.47 Å². The molecule has 0 amide bonds. The standard InChI is InChI=1S/C13H12BrNO3S/c1-7(16)12-6-15-13(19-12)8-4-10(17-2)11(18-3)5-9(8)14/h4-6H,1-3H3. The average molecular weight is 342 g/mol. The number of thiazole rings is 1. The van der Waals surface area contributed by atoms with Crippen LogP contribution in [0.3, 0.4) is 0 Å². The predicted octanol–water partition coefficient (Wildman–Crippen LogP) is 3.79. The molecule has 0 radical (unpaired) electrons. The molecule has 100 valence electrons. The van der Waals surface area contributed by atoms with Crippen LogP contribution < -0.4 is 9.47 Å². The van der Waals surface area contributed by atoms with Crippen LogP contribution in [0.15, 0.2) is 22.8 Å². The molecule has 1 aromatic carbocycles. The highest BCUT2D eigenvalue weighted by Gasteiger charge is 2.15. The van der Waals surface area contributed by atoms with Crippen molar-refractivity contribution in [2.45, 2.75) is 6.92 Å². The molecule has 0 bridgehead atoms. The fourth-order valence-electron chi connectivity index (χ4n) is 1.58. The van der Waals surface area contributed by atoms with Gasteiger partial charge in [-0.25, -0.2) is 4.98 Å². The molecule has 0 saturated heterocycles. The number of nitrogens with zero attached hydrogens (tertiary/aromatic N) is 1. The first-order valence-corrected chi connectivity index (χ1v) is 7.06. The van der Waals surface area contributed by atoms with Crippen LogP contribution in [0.2, 0.25) is 0 Å². The maximum absolute atomic E-state index is 11.3. The Hall–Kier alpha value is -1.40. The van der Waals surface area contributed by atoms with Crippen LogP contribution in [0.25, 0.3) is 10.6 Å². The van der Waals surface area contributed by atoms with Crippen molar-refractivity contribution >= 4 is 33.0 Å². The Labute approximate surface area is 123 Å². The normalized spacial score (nSPS) is 10.3. The van der Waals surface area contributed by atoms with Crippen molar-refractivity contribution in [3.8, 4) is 22.1 Å². The van der Waals surface area contributed by atoms with E-state index in [1.54, 1.807) is 20.4 Å². The van der Waals surface area contributed by atoms with Crippen LogP contribution >= 0.6 is 27.3 Å². The molecular weight excluding hydrogens is 330 g/mol. The zero-order valence-electron chi connectivity index (χ0n) is 10.7. The number of Topliss-reactive ketones (excluding diaryl/α,β-unsaturated/α-hetero) is 1. The fourth-order valence-corrected chi connectivity index (χ4v) is 3.06. The molecule has 0 N–H and O–H groups in total. The molecule has 0 atom stereocenters. The first-order chi connectivity index (χ1) is 9.06. The molecule has 2 rings (SSSR count). The summed E-state index contributed by atoms with van der Waals surface area (Å²) in [5.41, 5.74) is 0.871. The molecule has 6 heteroatoms. The lowest BCUT2D eigenvalue weighted by molar-refractivity contribution is 0.102. The number of benzene rings is 1. The molecule has 19 heavy (non-hydrogen) atoms. The van der Waals surface area contributed by atoms with Gasteiger partial charge in [-0.05, 0) is 28.1 Å². The number of rotatable bonds is 4. The second-order valence-corrected chi connectivity index (χ2v) is 5.66. The quantitative estimate of drug-likeness (QED) is 0.793. The Bertz CT molecular complexity index is 624. The molecule has 0 aliphatic carbocycles. The number of hydrogen-bond donors (Lipinski definition) is 0. The Balaban J connectivity index is 2.51. The Morgan fingerprint density at radius 2 is 1.89 bits per heavy atom. The van der Waals surface area contributed by atoms with E-state index in [2.05, 4.69) is 20.9 Å². The molecule has 0 aliphatic heterocycles. The summed E-state index contributed by atoms with van der Waals surface area (Å²) in [6.07, 6.45) is 1.59. The summed E-state index contributed by atoms with van der Waals surface area (Å²) in [5.74, 6) is 1.28. The van der Waals surface area contributed by atoms with Crippen molar-refractivity contribution in [1.29, 1.82) is 0 Å². The summed E-state index contributed by atoms with van der Waals surface area (Å²) in [6.45, 7) is 1.53. The van der Waals surface area contributed by atoms with Gasteiger partial charge in [0.25, 0.3) is 0 Å². The lowest BCUT2D eigenvalue weighted by atomic mass is 10.2. The van der Waals surface area contributed by atoms with E-state index in [-0.39, 0.29) is 5.78 Å². The van der Waals surface area contributed by atoms with Crippen molar-refractivity contribution in [3.05, 3.63) is 27.7 Å². The second kappa shape index (κ2) is 5.71. The van der Waals surface area contributed by atoms with Crippen LogP contribution in [0, 0.1) is 0 Å². The lowest BCUT2D eigenvalue weighted by Gasteiger charge is -2.10. The van der Waals surface area contributed by atoms with E-state index in [4.69, 9.17) is 9.47 Å². The van der Waals surface area contributed by atoms with Gasteiger partial charge in [0.1, 0.15) is 5.01 Å². The van der Waals surface area contributed by atoms with Gasteiger partial charge in [-0.1, -0.05) is 0 Å². The van der Waals surface area contributed by atoms with E-state index in [9.17, 15) is 4.79 Å². The maximum atomic E-state index is 11.3. The maximum Gasteiger partial charge on any atom is 0.171 e. The van der Waals surface area contributed by atoms with Gasteiger partial charge in [0, 0.05) is 23.2 Å². The number of carbonyl (C=O) groups excluding carboxylic acids is 1. The highest BCUT2D eigenvalue weighted by molar-refractivity contribution is 9.10. The summed E-state index contributed by atoms with van der Waals surface area (Å²) in [5, 5.41) is 0.762. The van der Waals surface area contributed by atoms with Crippen molar-refractivity contribution in [3.63, 3.8) is 0 Å². The van der Waals surface area contributed by atoms with E-state index in [1.165, 1.54) is 18.3 Å². The average Bonchev–Trinajstić information content (AvgIpc) is 2.87. The van der Waals surface area contributed by atoms with Crippen molar-refractivity contribution in [2.24, 2.45) is 0 Å². The monoisotopic (exact) mass is 341 g/mol. The minimum Gasteiger partial charge on any atom is -0.493 e. The third-order valence-electron chi connectivity index (χ3n) is 2.56.